The predicted molar refractivity (Wildman–Crippen MR) is 87.5 cm³/mol. The van der Waals surface area contributed by atoms with E-state index in [1.165, 1.54) is 12.3 Å². The molecular weight excluding hydrogens is 315 g/mol. The van der Waals surface area contributed by atoms with Crippen LogP contribution in [-0.4, -0.2) is 32.6 Å². The molecule has 7 N–H and O–H groups in total. The fraction of sp³-hybridized carbons (Fsp3) is 0.133. The van der Waals surface area contributed by atoms with E-state index < -0.39 is 17.3 Å². The number of fused-ring (bicyclic) bond motifs is 1. The molecule has 8 nitrogen and oxygen atoms in total. The molecule has 1 atom stereocenters. The fourth-order valence-electron chi connectivity index (χ4n) is 2.59. The molecule has 0 saturated carbocycles. The van der Waals surface area contributed by atoms with Gasteiger partial charge >= 0.3 is 0 Å². The second-order valence-electron chi connectivity index (χ2n) is 5.15. The SMILES string of the molecule is NC(N)=Nc1nc2c([C@@H](CO)c3ccccc3F)c[nH]c2c(=O)[nH]1. The Kier molecular flexibility index (Phi) is 4.00. The number of rotatable bonds is 4. The van der Waals surface area contributed by atoms with E-state index in [1.54, 1.807) is 18.2 Å². The van der Waals surface area contributed by atoms with Gasteiger partial charge in [0.25, 0.3) is 5.56 Å². The molecular formula is C15H15FN6O2. The molecule has 0 amide bonds. The maximum absolute atomic E-state index is 14.1. The van der Waals surface area contributed by atoms with E-state index >= 15 is 0 Å². The second kappa shape index (κ2) is 6.13. The van der Waals surface area contributed by atoms with Crippen LogP contribution in [0.25, 0.3) is 11.0 Å². The second-order valence-corrected chi connectivity index (χ2v) is 5.15. The van der Waals surface area contributed by atoms with E-state index in [1.807, 2.05) is 0 Å². The minimum atomic E-state index is -0.693. The lowest BCUT2D eigenvalue weighted by Crippen LogP contribution is -2.22. The van der Waals surface area contributed by atoms with Crippen LogP contribution in [0, 0.1) is 5.82 Å². The van der Waals surface area contributed by atoms with E-state index in [2.05, 4.69) is 19.9 Å². The van der Waals surface area contributed by atoms with Crippen molar-refractivity contribution in [1.29, 1.82) is 0 Å². The van der Waals surface area contributed by atoms with Gasteiger partial charge in [0.2, 0.25) is 5.95 Å². The number of aromatic nitrogens is 3. The van der Waals surface area contributed by atoms with E-state index in [4.69, 9.17) is 11.5 Å². The van der Waals surface area contributed by atoms with Gasteiger partial charge in [-0.25, -0.2) is 9.37 Å². The molecule has 1 aromatic carbocycles. The van der Waals surface area contributed by atoms with Gasteiger partial charge in [-0.1, -0.05) is 18.2 Å². The lowest BCUT2D eigenvalue weighted by atomic mass is 9.93. The van der Waals surface area contributed by atoms with Gasteiger partial charge in [-0.05, 0) is 11.6 Å². The summed E-state index contributed by atoms with van der Waals surface area (Å²) in [5.74, 6) is -1.48. The normalized spacial score (nSPS) is 12.2. The van der Waals surface area contributed by atoms with Gasteiger partial charge in [-0.2, -0.15) is 4.99 Å². The number of aliphatic hydroxyl groups excluding tert-OH is 1. The summed E-state index contributed by atoms with van der Waals surface area (Å²) in [6.45, 7) is -0.361. The lowest BCUT2D eigenvalue weighted by Gasteiger charge is -2.14. The van der Waals surface area contributed by atoms with E-state index in [0.29, 0.717) is 11.1 Å². The van der Waals surface area contributed by atoms with Crippen molar-refractivity contribution in [3.8, 4) is 0 Å². The first-order chi connectivity index (χ1) is 11.5. The molecule has 0 bridgehead atoms. The number of nitrogens with zero attached hydrogens (tertiary/aromatic N) is 2. The maximum atomic E-state index is 14.1. The highest BCUT2D eigenvalue weighted by Crippen LogP contribution is 2.30. The first-order valence-corrected chi connectivity index (χ1v) is 7.07. The highest BCUT2D eigenvalue weighted by molar-refractivity contribution is 5.82. The van der Waals surface area contributed by atoms with E-state index in [0.717, 1.165) is 0 Å². The quantitative estimate of drug-likeness (QED) is 0.347. The molecule has 0 spiro atoms. The Bertz CT molecular complexity index is 973. The molecule has 124 valence electrons. The van der Waals surface area contributed by atoms with Crippen molar-refractivity contribution >= 4 is 22.9 Å². The Morgan fingerprint density at radius 2 is 2.08 bits per heavy atom. The van der Waals surface area contributed by atoms with Gasteiger partial charge in [0.1, 0.15) is 16.9 Å². The Labute approximate surface area is 135 Å². The summed E-state index contributed by atoms with van der Waals surface area (Å²) in [6, 6.07) is 6.10. The summed E-state index contributed by atoms with van der Waals surface area (Å²) in [6.07, 6.45) is 1.51. The van der Waals surface area contributed by atoms with E-state index in [9.17, 15) is 14.3 Å². The number of guanidine groups is 1. The summed E-state index contributed by atoms with van der Waals surface area (Å²) in [5.41, 5.74) is 11.3. The number of H-pyrrole nitrogens is 2. The predicted octanol–water partition coefficient (Wildman–Crippen LogP) is 0.419. The number of benzene rings is 1. The summed E-state index contributed by atoms with van der Waals surface area (Å²) >= 11 is 0. The van der Waals surface area contributed by atoms with Crippen molar-refractivity contribution in [1.82, 2.24) is 15.0 Å². The molecule has 9 heteroatoms. The van der Waals surface area contributed by atoms with E-state index in [-0.39, 0.29) is 29.5 Å². The van der Waals surface area contributed by atoms with Crippen LogP contribution in [-0.2, 0) is 0 Å². The highest BCUT2D eigenvalue weighted by Gasteiger charge is 2.22. The van der Waals surface area contributed by atoms with Gasteiger partial charge < -0.3 is 21.6 Å². The molecule has 0 fully saturated rings. The number of hydrogen-bond acceptors (Lipinski definition) is 4. The number of aliphatic imine (C=N–C) groups is 1. The molecule has 0 aliphatic heterocycles. The molecule has 0 aliphatic carbocycles. The Hall–Kier alpha value is -3.20. The van der Waals surface area contributed by atoms with Crippen LogP contribution in [0.1, 0.15) is 17.0 Å². The number of nitrogens with two attached hydrogens (primary N) is 2. The van der Waals surface area contributed by atoms with Crippen LogP contribution in [0.3, 0.4) is 0 Å². The largest absolute Gasteiger partial charge is 0.395 e. The summed E-state index contributed by atoms with van der Waals surface area (Å²) in [4.78, 5) is 25.2. The average Bonchev–Trinajstić information content (AvgIpc) is 2.94. The van der Waals surface area contributed by atoms with Crippen LogP contribution in [0.2, 0.25) is 0 Å². The molecule has 2 aromatic heterocycles. The third-order valence-electron chi connectivity index (χ3n) is 3.63. The third kappa shape index (κ3) is 2.72. The number of aliphatic hydroxyl groups is 1. The number of aromatic amines is 2. The highest BCUT2D eigenvalue weighted by atomic mass is 19.1. The van der Waals surface area contributed by atoms with Crippen molar-refractivity contribution in [2.75, 3.05) is 6.61 Å². The smallest absolute Gasteiger partial charge is 0.276 e. The van der Waals surface area contributed by atoms with Crippen LogP contribution >= 0.6 is 0 Å². The lowest BCUT2D eigenvalue weighted by molar-refractivity contribution is 0.278. The summed E-state index contributed by atoms with van der Waals surface area (Å²) < 4.78 is 14.1. The zero-order valence-corrected chi connectivity index (χ0v) is 12.5. The molecule has 24 heavy (non-hydrogen) atoms. The van der Waals surface area contributed by atoms with Gasteiger partial charge in [0.05, 0.1) is 6.61 Å². The fourth-order valence-corrected chi connectivity index (χ4v) is 2.59. The zero-order valence-electron chi connectivity index (χ0n) is 12.5. The minimum absolute atomic E-state index is 0.0708. The van der Waals surface area contributed by atoms with Gasteiger partial charge in [-0.3, -0.25) is 9.78 Å². The topological polar surface area (TPSA) is 146 Å². The molecule has 0 radical (unpaired) electrons. The van der Waals surface area contributed by atoms with Crippen molar-refractivity contribution in [2.24, 2.45) is 16.5 Å². The Morgan fingerprint density at radius 3 is 2.75 bits per heavy atom. The zero-order chi connectivity index (χ0) is 17.3. The first-order valence-electron chi connectivity index (χ1n) is 7.07. The van der Waals surface area contributed by atoms with Crippen LogP contribution in [0.5, 0.6) is 0 Å². The van der Waals surface area contributed by atoms with Crippen molar-refractivity contribution < 1.29 is 9.50 Å². The Balaban J connectivity index is 2.22. The first kappa shape index (κ1) is 15.7. The monoisotopic (exact) mass is 330 g/mol. The molecule has 3 aromatic rings. The average molecular weight is 330 g/mol. The molecule has 2 heterocycles. The molecule has 0 aliphatic rings. The summed E-state index contributed by atoms with van der Waals surface area (Å²) in [5, 5.41) is 9.76. The third-order valence-corrected chi connectivity index (χ3v) is 3.63. The number of halogens is 1. The van der Waals surface area contributed by atoms with Crippen molar-refractivity contribution in [3.63, 3.8) is 0 Å². The minimum Gasteiger partial charge on any atom is -0.395 e. The van der Waals surface area contributed by atoms with Crippen LogP contribution < -0.4 is 17.0 Å². The van der Waals surface area contributed by atoms with Crippen LogP contribution in [0.4, 0.5) is 10.3 Å². The molecule has 0 unspecified atom stereocenters. The summed E-state index contributed by atoms with van der Waals surface area (Å²) in [7, 11) is 0. The van der Waals surface area contributed by atoms with Crippen molar-refractivity contribution in [2.45, 2.75) is 5.92 Å². The Morgan fingerprint density at radius 1 is 1.33 bits per heavy atom. The molecule has 0 saturated heterocycles. The van der Waals surface area contributed by atoms with Gasteiger partial charge in [0, 0.05) is 17.7 Å². The number of nitrogens with one attached hydrogen (secondary N) is 2. The maximum Gasteiger partial charge on any atom is 0.276 e. The van der Waals surface area contributed by atoms with Gasteiger partial charge in [0.15, 0.2) is 5.96 Å². The van der Waals surface area contributed by atoms with Gasteiger partial charge in [-0.15, -0.1) is 0 Å². The van der Waals surface area contributed by atoms with Crippen molar-refractivity contribution in [3.05, 3.63) is 57.8 Å². The van der Waals surface area contributed by atoms with Crippen LogP contribution in [0.15, 0.2) is 40.2 Å². The number of hydrogen-bond donors (Lipinski definition) is 5. The molecule has 3 rings (SSSR count). The standard InChI is InChI=1S/C15H15FN6O2/c16-10-4-2-1-3-7(10)9(6-23)8-5-19-12-11(8)20-15(21-13(12)24)22-14(17)18/h1-5,9,19,23H,6H2,(H5,17,18,20,21,22,24)/t9-/m0/s1.